The zero-order chi connectivity index (χ0) is 20.7. The Balaban J connectivity index is 1.98. The van der Waals surface area contributed by atoms with Crippen LogP contribution in [0.3, 0.4) is 0 Å². The first kappa shape index (κ1) is 21.7. The molecule has 0 fully saturated rings. The molecule has 8 nitrogen and oxygen atoms in total. The molecule has 0 aliphatic rings. The van der Waals surface area contributed by atoms with Crippen molar-refractivity contribution in [2.75, 3.05) is 32.6 Å². The van der Waals surface area contributed by atoms with Gasteiger partial charge in [-0.3, -0.25) is 4.79 Å². The Kier molecular flexibility index (Phi) is 7.38. The van der Waals surface area contributed by atoms with Gasteiger partial charge in [0, 0.05) is 11.3 Å². The van der Waals surface area contributed by atoms with Gasteiger partial charge in [0.1, 0.15) is 6.54 Å². The van der Waals surface area contributed by atoms with Crippen LogP contribution in [0.4, 0.5) is 5.69 Å². The third-order valence-corrected chi connectivity index (χ3v) is 4.85. The predicted octanol–water partition coefficient (Wildman–Crippen LogP) is 0.395. The lowest BCUT2D eigenvalue weighted by Gasteiger charge is -2.16. The average molecular weight is 409 g/mol. The summed E-state index contributed by atoms with van der Waals surface area (Å²) >= 11 is 0. The van der Waals surface area contributed by atoms with Gasteiger partial charge in [-0.2, -0.15) is 0 Å². The highest BCUT2D eigenvalue weighted by Gasteiger charge is 2.14. The number of benzene rings is 2. The van der Waals surface area contributed by atoms with Gasteiger partial charge >= 0.3 is 0 Å². The monoisotopic (exact) mass is 408 g/mol. The molecule has 0 saturated carbocycles. The molecule has 1 unspecified atom stereocenters. The molecular formula is C19H26N3O5S+. The van der Waals surface area contributed by atoms with Crippen LogP contribution in [0, 0.1) is 0 Å². The van der Waals surface area contributed by atoms with Gasteiger partial charge in [0.15, 0.2) is 18.0 Å². The summed E-state index contributed by atoms with van der Waals surface area (Å²) in [6.07, 6.45) is 0. The Morgan fingerprint density at radius 2 is 1.93 bits per heavy atom. The topological polar surface area (TPSA) is 112 Å². The summed E-state index contributed by atoms with van der Waals surface area (Å²) in [5.74, 6) is 1.09. The number of quaternary nitrogens is 1. The molecule has 28 heavy (non-hydrogen) atoms. The Bertz CT molecular complexity index is 931. The second-order valence-electron chi connectivity index (χ2n) is 6.35. The SMILES string of the molecule is CCOc1ccc(C[NH+](C)CC(=O)Nc2cccc(S(N)(=O)=O)c2)cc1OC. The van der Waals surface area contributed by atoms with Crippen LogP contribution < -0.4 is 24.8 Å². The third kappa shape index (κ3) is 6.22. The van der Waals surface area contributed by atoms with Gasteiger partial charge in [-0.05, 0) is 43.3 Å². The quantitative estimate of drug-likeness (QED) is 0.556. The number of likely N-dealkylation sites (N-methyl/N-ethyl adjacent to an activating group) is 1. The fraction of sp³-hybridized carbons (Fsp3) is 0.316. The van der Waals surface area contributed by atoms with Crippen molar-refractivity contribution >= 4 is 21.6 Å². The lowest BCUT2D eigenvalue weighted by atomic mass is 10.2. The van der Waals surface area contributed by atoms with Gasteiger partial charge in [-0.15, -0.1) is 0 Å². The number of sulfonamides is 1. The molecular weight excluding hydrogens is 382 g/mol. The lowest BCUT2D eigenvalue weighted by Crippen LogP contribution is -3.08. The number of anilines is 1. The number of hydrogen-bond donors (Lipinski definition) is 3. The Morgan fingerprint density at radius 3 is 2.57 bits per heavy atom. The van der Waals surface area contributed by atoms with Gasteiger partial charge in [0.2, 0.25) is 10.0 Å². The molecule has 152 valence electrons. The summed E-state index contributed by atoms with van der Waals surface area (Å²) < 4.78 is 33.7. The molecule has 1 atom stereocenters. The number of carbonyl (C=O) groups excluding carboxylic acids is 1. The van der Waals surface area contributed by atoms with Gasteiger partial charge in [-0.25, -0.2) is 13.6 Å². The zero-order valence-corrected chi connectivity index (χ0v) is 17.0. The smallest absolute Gasteiger partial charge is 0.279 e. The van der Waals surface area contributed by atoms with Gasteiger partial charge in [-0.1, -0.05) is 6.07 Å². The molecule has 0 bridgehead atoms. The van der Waals surface area contributed by atoms with Crippen LogP contribution >= 0.6 is 0 Å². The van der Waals surface area contributed by atoms with Crippen LogP contribution in [0.5, 0.6) is 11.5 Å². The third-order valence-electron chi connectivity index (χ3n) is 3.94. The minimum atomic E-state index is -3.82. The molecule has 0 radical (unpaired) electrons. The molecule has 9 heteroatoms. The molecule has 0 saturated heterocycles. The number of nitrogens with one attached hydrogen (secondary N) is 2. The fourth-order valence-corrected chi connectivity index (χ4v) is 3.30. The molecule has 0 aliphatic heterocycles. The minimum Gasteiger partial charge on any atom is -0.493 e. The van der Waals surface area contributed by atoms with Crippen molar-refractivity contribution in [1.29, 1.82) is 0 Å². The molecule has 0 spiro atoms. The van der Waals surface area contributed by atoms with Crippen LogP contribution in [-0.4, -0.2) is 41.6 Å². The zero-order valence-electron chi connectivity index (χ0n) is 16.2. The van der Waals surface area contributed by atoms with Gasteiger partial charge in [0.05, 0.1) is 25.7 Å². The summed E-state index contributed by atoms with van der Waals surface area (Å²) in [6.45, 7) is 3.26. The molecule has 0 aromatic heterocycles. The molecule has 1 amide bonds. The number of rotatable bonds is 9. The van der Waals surface area contributed by atoms with Crippen molar-refractivity contribution in [3.63, 3.8) is 0 Å². The van der Waals surface area contributed by atoms with Gasteiger partial charge < -0.3 is 19.7 Å². The number of carbonyl (C=O) groups is 1. The molecule has 4 N–H and O–H groups in total. The van der Waals surface area contributed by atoms with Crippen molar-refractivity contribution in [1.82, 2.24) is 0 Å². The number of nitrogens with two attached hydrogens (primary N) is 1. The normalized spacial score (nSPS) is 12.3. The lowest BCUT2D eigenvalue weighted by molar-refractivity contribution is -0.885. The van der Waals surface area contributed by atoms with Crippen molar-refractivity contribution in [2.45, 2.75) is 18.4 Å². The van der Waals surface area contributed by atoms with E-state index in [0.717, 1.165) is 10.5 Å². The summed E-state index contributed by atoms with van der Waals surface area (Å²) in [7, 11) is -0.341. The molecule has 2 aromatic rings. The Hall–Kier alpha value is -2.62. The first-order valence-electron chi connectivity index (χ1n) is 8.76. The number of hydrogen-bond acceptors (Lipinski definition) is 5. The highest BCUT2D eigenvalue weighted by molar-refractivity contribution is 7.89. The van der Waals surface area contributed by atoms with Crippen molar-refractivity contribution < 1.29 is 27.6 Å². The summed E-state index contributed by atoms with van der Waals surface area (Å²) in [5.41, 5.74) is 1.38. The number of primary sulfonamides is 1. The fourth-order valence-electron chi connectivity index (χ4n) is 2.74. The Morgan fingerprint density at radius 1 is 1.18 bits per heavy atom. The van der Waals surface area contributed by atoms with E-state index in [2.05, 4.69) is 5.32 Å². The second-order valence-corrected chi connectivity index (χ2v) is 7.91. The van der Waals surface area contributed by atoms with E-state index in [4.69, 9.17) is 14.6 Å². The first-order chi connectivity index (χ1) is 13.2. The van der Waals surface area contributed by atoms with E-state index < -0.39 is 10.0 Å². The number of ether oxygens (including phenoxy) is 2. The van der Waals surface area contributed by atoms with Crippen molar-refractivity contribution in [3.05, 3.63) is 48.0 Å². The van der Waals surface area contributed by atoms with Crippen LogP contribution in [0.1, 0.15) is 12.5 Å². The summed E-state index contributed by atoms with van der Waals surface area (Å²) in [5, 5.41) is 7.81. The minimum absolute atomic E-state index is 0.0486. The van der Waals surface area contributed by atoms with Gasteiger partial charge in [0.25, 0.3) is 5.91 Å². The highest BCUT2D eigenvalue weighted by atomic mass is 32.2. The maximum Gasteiger partial charge on any atom is 0.279 e. The predicted molar refractivity (Wildman–Crippen MR) is 106 cm³/mol. The van der Waals surface area contributed by atoms with E-state index >= 15 is 0 Å². The summed E-state index contributed by atoms with van der Waals surface area (Å²) in [6, 6.07) is 11.5. The molecule has 2 aromatic carbocycles. The van der Waals surface area contributed by atoms with E-state index in [0.29, 0.717) is 30.3 Å². The van der Waals surface area contributed by atoms with Crippen molar-refractivity contribution in [2.24, 2.45) is 5.14 Å². The van der Waals surface area contributed by atoms with Crippen molar-refractivity contribution in [3.8, 4) is 11.5 Å². The summed E-state index contributed by atoms with van der Waals surface area (Å²) in [4.78, 5) is 13.2. The van der Waals surface area contributed by atoms with Crippen LogP contribution in [0.25, 0.3) is 0 Å². The maximum atomic E-state index is 12.3. The second kappa shape index (κ2) is 9.54. The number of amides is 1. The van der Waals surface area contributed by atoms with E-state index in [1.807, 2.05) is 32.2 Å². The van der Waals surface area contributed by atoms with E-state index in [1.54, 1.807) is 13.2 Å². The molecule has 2 rings (SSSR count). The molecule has 0 aliphatic carbocycles. The van der Waals surface area contributed by atoms with E-state index in [9.17, 15) is 13.2 Å². The van der Waals surface area contributed by atoms with Crippen LogP contribution in [-0.2, 0) is 21.4 Å². The first-order valence-corrected chi connectivity index (χ1v) is 10.3. The van der Waals surface area contributed by atoms with Crippen LogP contribution in [0.15, 0.2) is 47.4 Å². The largest absolute Gasteiger partial charge is 0.493 e. The van der Waals surface area contributed by atoms with Crippen LogP contribution in [0.2, 0.25) is 0 Å². The maximum absolute atomic E-state index is 12.3. The average Bonchev–Trinajstić information content (AvgIpc) is 2.62. The van der Waals surface area contributed by atoms with E-state index in [1.165, 1.54) is 18.2 Å². The molecule has 0 heterocycles. The van der Waals surface area contributed by atoms with E-state index in [-0.39, 0.29) is 17.3 Å². The number of methoxy groups -OCH3 is 1. The Labute approximate surface area is 165 Å². The standard InChI is InChI=1S/C19H25N3O5S/c1-4-27-17-9-8-14(10-18(17)26-3)12-22(2)13-19(23)21-15-6-5-7-16(11-15)28(20,24)25/h5-11H,4,12-13H2,1-3H3,(H,21,23)(H2,20,24,25)/p+1. The highest BCUT2D eigenvalue weighted by Crippen LogP contribution is 2.27.